The lowest BCUT2D eigenvalue weighted by Gasteiger charge is -2.11. The van der Waals surface area contributed by atoms with Gasteiger partial charge < -0.3 is 28.4 Å². The second kappa shape index (κ2) is 14.2. The van der Waals surface area contributed by atoms with Crippen LogP contribution < -0.4 is 18.9 Å². The molecular weight excluding hydrogens is 552 g/mol. The molecule has 0 saturated carbocycles. The lowest BCUT2D eigenvalue weighted by Crippen LogP contribution is -2.10. The summed E-state index contributed by atoms with van der Waals surface area (Å²) >= 11 is 0. The highest BCUT2D eigenvalue weighted by Crippen LogP contribution is 2.30. The minimum Gasteiger partial charge on any atom is -0.457 e. The minimum atomic E-state index is -0.705. The summed E-state index contributed by atoms with van der Waals surface area (Å²) in [7, 11) is 0. The van der Waals surface area contributed by atoms with E-state index in [0.29, 0.717) is 11.1 Å². The summed E-state index contributed by atoms with van der Waals surface area (Å²) < 4.78 is 30.7. The summed E-state index contributed by atoms with van der Waals surface area (Å²) in [4.78, 5) is 70.4. The Bertz CT molecular complexity index is 1410. The van der Waals surface area contributed by atoms with Gasteiger partial charge in [0.25, 0.3) is 0 Å². The lowest BCUT2D eigenvalue weighted by molar-refractivity contribution is -0.134. The molecule has 0 aliphatic carbocycles. The smallest absolute Gasteiger partial charge is 0.338 e. The van der Waals surface area contributed by atoms with Crippen LogP contribution in [0, 0.1) is 0 Å². The SMILES string of the molecule is CC(=O)Oc1ccc(C(=O)OCc2ccc(COC(=O)c3ccc(OC(C)=O)c(OC(C)=O)c3)cc2)cc1OC(C)=O. The van der Waals surface area contributed by atoms with E-state index >= 15 is 0 Å². The third-order valence-corrected chi connectivity index (χ3v) is 5.14. The van der Waals surface area contributed by atoms with Crippen molar-refractivity contribution < 1.29 is 57.2 Å². The van der Waals surface area contributed by atoms with Gasteiger partial charge >= 0.3 is 35.8 Å². The van der Waals surface area contributed by atoms with E-state index < -0.39 is 35.8 Å². The molecule has 0 saturated heterocycles. The number of ether oxygens (including phenoxy) is 6. The Morgan fingerprint density at radius 3 is 1.07 bits per heavy atom. The van der Waals surface area contributed by atoms with Crippen LogP contribution in [0.3, 0.4) is 0 Å². The van der Waals surface area contributed by atoms with E-state index in [1.54, 1.807) is 24.3 Å². The number of benzene rings is 3. The fourth-order valence-electron chi connectivity index (χ4n) is 3.41. The predicted octanol–water partition coefficient (Wildman–Crippen LogP) is 4.10. The van der Waals surface area contributed by atoms with E-state index in [0.717, 1.165) is 0 Å². The molecule has 0 aliphatic heterocycles. The number of carbonyl (C=O) groups is 6. The highest BCUT2D eigenvalue weighted by molar-refractivity contribution is 5.91. The zero-order valence-corrected chi connectivity index (χ0v) is 23.1. The number of carbonyl (C=O) groups excluding carboxylic acids is 6. The van der Waals surface area contributed by atoms with Gasteiger partial charge in [0.1, 0.15) is 13.2 Å². The van der Waals surface area contributed by atoms with Crippen molar-refractivity contribution in [1.29, 1.82) is 0 Å². The van der Waals surface area contributed by atoms with Gasteiger partial charge in [-0.1, -0.05) is 24.3 Å². The first kappa shape index (κ1) is 31.0. The lowest BCUT2D eigenvalue weighted by atomic mass is 10.1. The van der Waals surface area contributed by atoms with Crippen molar-refractivity contribution >= 4 is 35.8 Å². The van der Waals surface area contributed by atoms with E-state index in [9.17, 15) is 28.8 Å². The second-order valence-corrected chi connectivity index (χ2v) is 8.67. The topological polar surface area (TPSA) is 158 Å². The van der Waals surface area contributed by atoms with E-state index in [1.807, 2.05) is 0 Å². The standard InChI is InChI=1S/C30H26O12/c1-17(31)39-25-11-9-23(13-27(25)41-19(3)33)29(35)37-15-21-5-7-22(8-6-21)16-38-30(36)24-10-12-26(40-18(2)32)28(14-24)42-20(4)34/h5-14H,15-16H2,1-4H3. The summed E-state index contributed by atoms with van der Waals surface area (Å²) in [5, 5.41) is 0. The van der Waals surface area contributed by atoms with Gasteiger partial charge in [-0.2, -0.15) is 0 Å². The Morgan fingerprint density at radius 2 is 0.762 bits per heavy atom. The van der Waals surface area contributed by atoms with Crippen LogP contribution in [0.25, 0.3) is 0 Å². The fourth-order valence-corrected chi connectivity index (χ4v) is 3.41. The Balaban J connectivity index is 1.58. The number of hydrogen-bond acceptors (Lipinski definition) is 12. The van der Waals surface area contributed by atoms with Crippen LogP contribution in [-0.4, -0.2) is 35.8 Å². The Hall–Kier alpha value is -5.52. The molecule has 0 N–H and O–H groups in total. The number of rotatable bonds is 10. The van der Waals surface area contributed by atoms with Crippen LogP contribution in [0.15, 0.2) is 60.7 Å². The molecule has 0 fully saturated rings. The van der Waals surface area contributed by atoms with Crippen molar-refractivity contribution in [3.05, 3.63) is 82.9 Å². The molecule has 0 aromatic heterocycles. The number of hydrogen-bond donors (Lipinski definition) is 0. The highest BCUT2D eigenvalue weighted by atomic mass is 16.6. The van der Waals surface area contributed by atoms with E-state index in [1.165, 1.54) is 64.1 Å². The van der Waals surface area contributed by atoms with Gasteiger partial charge in [0.05, 0.1) is 11.1 Å². The first-order valence-electron chi connectivity index (χ1n) is 12.3. The van der Waals surface area contributed by atoms with E-state index in [4.69, 9.17) is 28.4 Å². The van der Waals surface area contributed by atoms with E-state index in [2.05, 4.69) is 0 Å². The molecule has 0 heterocycles. The summed E-state index contributed by atoms with van der Waals surface area (Å²) in [6, 6.07) is 14.5. The highest BCUT2D eigenvalue weighted by Gasteiger charge is 2.17. The van der Waals surface area contributed by atoms with Crippen LogP contribution in [0.4, 0.5) is 0 Å². The maximum atomic E-state index is 12.5. The van der Waals surface area contributed by atoms with Crippen molar-refractivity contribution in [2.75, 3.05) is 0 Å². The van der Waals surface area contributed by atoms with Crippen LogP contribution in [0.5, 0.6) is 23.0 Å². The second-order valence-electron chi connectivity index (χ2n) is 8.67. The van der Waals surface area contributed by atoms with Crippen LogP contribution in [-0.2, 0) is 41.9 Å². The van der Waals surface area contributed by atoms with Crippen molar-refractivity contribution in [2.45, 2.75) is 40.9 Å². The van der Waals surface area contributed by atoms with Crippen molar-refractivity contribution in [1.82, 2.24) is 0 Å². The Labute approximate surface area is 240 Å². The van der Waals surface area contributed by atoms with Crippen molar-refractivity contribution in [3.63, 3.8) is 0 Å². The van der Waals surface area contributed by atoms with Crippen molar-refractivity contribution in [2.24, 2.45) is 0 Å². The first-order chi connectivity index (χ1) is 19.9. The Morgan fingerprint density at radius 1 is 0.452 bits per heavy atom. The quantitative estimate of drug-likeness (QED) is 0.251. The number of esters is 6. The molecule has 12 nitrogen and oxygen atoms in total. The van der Waals surface area contributed by atoms with Crippen LogP contribution >= 0.6 is 0 Å². The summed E-state index contributed by atoms with van der Waals surface area (Å²) in [5.41, 5.74) is 1.43. The normalized spacial score (nSPS) is 10.2. The Kier molecular flexibility index (Phi) is 10.5. The predicted molar refractivity (Wildman–Crippen MR) is 143 cm³/mol. The van der Waals surface area contributed by atoms with E-state index in [-0.39, 0.29) is 47.3 Å². The minimum absolute atomic E-state index is 0.0191. The average Bonchev–Trinajstić information content (AvgIpc) is 2.91. The molecule has 0 atom stereocenters. The maximum Gasteiger partial charge on any atom is 0.338 e. The molecule has 0 radical (unpaired) electrons. The molecule has 0 unspecified atom stereocenters. The molecule has 12 heteroatoms. The van der Waals surface area contributed by atoms with Gasteiger partial charge in [0.2, 0.25) is 0 Å². The molecule has 3 aromatic rings. The first-order valence-corrected chi connectivity index (χ1v) is 12.3. The monoisotopic (exact) mass is 578 g/mol. The molecule has 218 valence electrons. The molecule has 0 aliphatic rings. The molecule has 42 heavy (non-hydrogen) atoms. The van der Waals surface area contributed by atoms with Gasteiger partial charge in [-0.15, -0.1) is 0 Å². The molecule has 3 rings (SSSR count). The van der Waals surface area contributed by atoms with Gasteiger partial charge in [0.15, 0.2) is 23.0 Å². The zero-order valence-electron chi connectivity index (χ0n) is 23.1. The summed E-state index contributed by atoms with van der Waals surface area (Å²) in [6.45, 7) is 4.54. The average molecular weight is 579 g/mol. The fraction of sp³-hybridized carbons (Fsp3) is 0.200. The molecule has 0 spiro atoms. The largest absolute Gasteiger partial charge is 0.457 e. The molecule has 0 amide bonds. The van der Waals surface area contributed by atoms with Crippen molar-refractivity contribution in [3.8, 4) is 23.0 Å². The molecular formula is C30H26O12. The van der Waals surface area contributed by atoms with Gasteiger partial charge in [-0.25, -0.2) is 9.59 Å². The zero-order chi connectivity index (χ0) is 30.8. The van der Waals surface area contributed by atoms with Crippen LogP contribution in [0.2, 0.25) is 0 Å². The summed E-state index contributed by atoms with van der Waals surface area (Å²) in [5.74, 6) is -4.23. The third kappa shape index (κ3) is 9.30. The van der Waals surface area contributed by atoms with Gasteiger partial charge in [-0.3, -0.25) is 19.2 Å². The van der Waals surface area contributed by atoms with Gasteiger partial charge in [-0.05, 0) is 47.5 Å². The van der Waals surface area contributed by atoms with Gasteiger partial charge in [0, 0.05) is 27.7 Å². The molecule has 3 aromatic carbocycles. The molecule has 0 bridgehead atoms. The van der Waals surface area contributed by atoms with Crippen LogP contribution in [0.1, 0.15) is 59.5 Å². The third-order valence-electron chi connectivity index (χ3n) is 5.14. The maximum absolute atomic E-state index is 12.5. The summed E-state index contributed by atoms with van der Waals surface area (Å²) in [6.07, 6.45) is 0.